The van der Waals surface area contributed by atoms with Gasteiger partial charge < -0.3 is 0 Å². The van der Waals surface area contributed by atoms with Crippen molar-refractivity contribution in [2.75, 3.05) is 0 Å². The molecule has 0 spiro atoms. The molecule has 140 valence electrons. The van der Waals surface area contributed by atoms with Crippen molar-refractivity contribution < 1.29 is 12.6 Å². The molecule has 2 atom stereocenters. The summed E-state index contributed by atoms with van der Waals surface area (Å²) >= 11 is 0.314. The Labute approximate surface area is 167 Å². The van der Waals surface area contributed by atoms with Gasteiger partial charge in [-0.15, -0.1) is 0 Å². The van der Waals surface area contributed by atoms with E-state index in [2.05, 4.69) is 18.0 Å². The summed E-state index contributed by atoms with van der Waals surface area (Å²) in [5.41, 5.74) is 2.10. The van der Waals surface area contributed by atoms with Crippen LogP contribution in [0.1, 0.15) is 28.5 Å². The molecule has 0 aliphatic rings. The molecule has 0 aliphatic heterocycles. The molecule has 5 heteroatoms. The van der Waals surface area contributed by atoms with Gasteiger partial charge in [-0.25, -0.2) is 0 Å². The van der Waals surface area contributed by atoms with E-state index < -0.39 is 16.2 Å². The topological polar surface area (TPSA) is 43.4 Å². The second-order valence-electron chi connectivity index (χ2n) is 6.13. The molecular weight excluding hydrogens is 423 g/mol. The zero-order chi connectivity index (χ0) is 19.1. The minimum atomic E-state index is -3.84. The molecule has 0 fully saturated rings. The van der Waals surface area contributed by atoms with Crippen LogP contribution in [0, 0.1) is 0 Å². The van der Waals surface area contributed by atoms with Gasteiger partial charge in [-0.05, 0) is 0 Å². The predicted molar refractivity (Wildman–Crippen MR) is 109 cm³/mol. The summed E-state index contributed by atoms with van der Waals surface area (Å²) in [7, 11) is -3.84. The summed E-state index contributed by atoms with van der Waals surface area (Å²) in [5.74, 6) is 2.18. The molecule has 3 aromatic rings. The number of hydrogen-bond acceptors (Lipinski definition) is 3. The van der Waals surface area contributed by atoms with Crippen molar-refractivity contribution in [2.45, 2.75) is 28.1 Å². The molecule has 0 N–H and O–H groups in total. The first-order chi connectivity index (χ1) is 13.1. The second kappa shape index (κ2) is 9.34. The number of rotatable bonds is 8. The summed E-state index contributed by atoms with van der Waals surface area (Å²) in [4.78, 5) is 0.457. The van der Waals surface area contributed by atoms with Crippen molar-refractivity contribution in [3.05, 3.63) is 102 Å². The SMILES string of the molecule is C[Se][C@@H](C[C@H](OS(=O)(=O)c1ccccc1)c1ccccc1)c1ccccc1. The Morgan fingerprint density at radius 3 is 1.78 bits per heavy atom. The van der Waals surface area contributed by atoms with Crippen LogP contribution in [0.5, 0.6) is 0 Å². The van der Waals surface area contributed by atoms with E-state index in [0.717, 1.165) is 5.56 Å². The maximum absolute atomic E-state index is 12.8. The first kappa shape index (κ1) is 19.8. The zero-order valence-corrected chi connectivity index (χ0v) is 17.6. The molecule has 0 aromatic heterocycles. The summed E-state index contributed by atoms with van der Waals surface area (Å²) < 4.78 is 31.4. The monoisotopic (exact) mass is 446 g/mol. The van der Waals surface area contributed by atoms with Crippen molar-refractivity contribution in [3.8, 4) is 0 Å². The van der Waals surface area contributed by atoms with Gasteiger partial charge in [0, 0.05) is 0 Å². The Hall–Kier alpha value is -1.91. The first-order valence-electron chi connectivity index (χ1n) is 8.71. The quantitative estimate of drug-likeness (QED) is 0.361. The third kappa shape index (κ3) is 5.30. The van der Waals surface area contributed by atoms with Crippen molar-refractivity contribution in [3.63, 3.8) is 0 Å². The average Bonchev–Trinajstić information content (AvgIpc) is 2.73. The van der Waals surface area contributed by atoms with Crippen LogP contribution in [0.4, 0.5) is 0 Å². The van der Waals surface area contributed by atoms with Crippen LogP contribution in [0.3, 0.4) is 0 Å². The molecule has 0 heterocycles. The van der Waals surface area contributed by atoms with E-state index in [1.54, 1.807) is 30.3 Å². The molecule has 0 amide bonds. The predicted octanol–water partition coefficient (Wildman–Crippen LogP) is 5.02. The number of benzene rings is 3. The van der Waals surface area contributed by atoms with E-state index in [1.165, 1.54) is 5.56 Å². The van der Waals surface area contributed by atoms with Gasteiger partial charge in [0.15, 0.2) is 0 Å². The Morgan fingerprint density at radius 1 is 0.778 bits per heavy atom. The van der Waals surface area contributed by atoms with E-state index in [9.17, 15) is 8.42 Å². The molecular formula is C22H22O3SSe. The molecule has 0 bridgehead atoms. The van der Waals surface area contributed by atoms with Crippen LogP contribution in [0.2, 0.25) is 5.82 Å². The molecule has 0 aliphatic carbocycles. The fourth-order valence-electron chi connectivity index (χ4n) is 2.92. The van der Waals surface area contributed by atoms with Gasteiger partial charge in [-0.1, -0.05) is 0 Å². The van der Waals surface area contributed by atoms with E-state index in [-0.39, 0.29) is 9.71 Å². The average molecular weight is 445 g/mol. The van der Waals surface area contributed by atoms with Crippen LogP contribution in [-0.4, -0.2) is 23.4 Å². The molecule has 3 rings (SSSR count). The summed E-state index contributed by atoms with van der Waals surface area (Å²) in [6, 6.07) is 28.2. The molecule has 27 heavy (non-hydrogen) atoms. The zero-order valence-electron chi connectivity index (χ0n) is 15.1. The fraction of sp³-hybridized carbons (Fsp3) is 0.182. The van der Waals surface area contributed by atoms with E-state index in [4.69, 9.17) is 4.18 Å². The van der Waals surface area contributed by atoms with Crippen LogP contribution in [0.15, 0.2) is 95.9 Å². The molecule has 0 unspecified atom stereocenters. The molecule has 0 saturated carbocycles. The maximum atomic E-state index is 12.8. The summed E-state index contributed by atoms with van der Waals surface area (Å²) in [5, 5.41) is 0. The van der Waals surface area contributed by atoms with Crippen LogP contribution in [-0.2, 0) is 14.3 Å². The molecule has 0 saturated heterocycles. The van der Waals surface area contributed by atoms with Crippen molar-refractivity contribution in [1.29, 1.82) is 0 Å². The van der Waals surface area contributed by atoms with Gasteiger partial charge in [0.2, 0.25) is 0 Å². The standard InChI is InChI=1S/C22H22O3SSe/c1-27-22(19-13-7-3-8-14-19)17-21(18-11-5-2-6-12-18)25-26(23,24)20-15-9-4-10-16-20/h2-16,21-22H,17H2,1H3/t21-,22-/m0/s1. The Bertz CT molecular complexity index is 929. The number of hydrogen-bond donors (Lipinski definition) is 0. The Morgan fingerprint density at radius 2 is 1.26 bits per heavy atom. The first-order valence-corrected chi connectivity index (χ1v) is 12.8. The van der Waals surface area contributed by atoms with Crippen LogP contribution < -0.4 is 0 Å². The summed E-state index contributed by atoms with van der Waals surface area (Å²) in [6.07, 6.45) is 0.0970. The second-order valence-corrected chi connectivity index (χ2v) is 9.89. The van der Waals surface area contributed by atoms with Crippen LogP contribution >= 0.6 is 0 Å². The molecule has 3 nitrogen and oxygen atoms in total. The van der Waals surface area contributed by atoms with Gasteiger partial charge in [-0.2, -0.15) is 0 Å². The minimum absolute atomic E-state index is 0.184. The van der Waals surface area contributed by atoms with Gasteiger partial charge in [0.25, 0.3) is 0 Å². The van der Waals surface area contributed by atoms with E-state index >= 15 is 0 Å². The van der Waals surface area contributed by atoms with Gasteiger partial charge >= 0.3 is 168 Å². The Balaban J connectivity index is 1.90. The van der Waals surface area contributed by atoms with Gasteiger partial charge in [0.05, 0.1) is 0 Å². The normalized spacial score (nSPS) is 13.8. The third-order valence-corrected chi connectivity index (χ3v) is 7.83. The summed E-state index contributed by atoms with van der Waals surface area (Å²) in [6.45, 7) is 0. The van der Waals surface area contributed by atoms with Crippen molar-refractivity contribution in [1.82, 2.24) is 0 Å². The van der Waals surface area contributed by atoms with Crippen LogP contribution in [0.25, 0.3) is 0 Å². The van der Waals surface area contributed by atoms with Crippen molar-refractivity contribution >= 4 is 25.1 Å². The molecule has 0 radical (unpaired) electrons. The van der Waals surface area contributed by atoms with E-state index in [1.807, 2.05) is 48.5 Å². The van der Waals surface area contributed by atoms with Gasteiger partial charge in [-0.3, -0.25) is 0 Å². The molecule has 3 aromatic carbocycles. The Kier molecular flexibility index (Phi) is 6.86. The fourth-order valence-corrected chi connectivity index (χ4v) is 5.69. The van der Waals surface area contributed by atoms with Gasteiger partial charge in [0.1, 0.15) is 0 Å². The third-order valence-electron chi connectivity index (χ3n) is 4.33. The van der Waals surface area contributed by atoms with Crippen molar-refractivity contribution in [2.24, 2.45) is 0 Å². The van der Waals surface area contributed by atoms with E-state index in [0.29, 0.717) is 21.4 Å².